The van der Waals surface area contributed by atoms with Crippen LogP contribution >= 0.6 is 0 Å². The van der Waals surface area contributed by atoms with Crippen molar-refractivity contribution in [1.82, 2.24) is 5.01 Å². The van der Waals surface area contributed by atoms with Gasteiger partial charge in [-0.05, 0) is 0 Å². The molecule has 0 unspecified atom stereocenters. The average molecular weight is 227 g/mol. The zero-order valence-corrected chi connectivity index (χ0v) is 7.76. The van der Waals surface area contributed by atoms with E-state index in [1.807, 2.05) is 0 Å². The van der Waals surface area contributed by atoms with Crippen molar-refractivity contribution in [3.05, 3.63) is 4.91 Å². The van der Waals surface area contributed by atoms with E-state index in [1.54, 1.807) is 0 Å². The Balaban J connectivity index is 4.56. The number of aliphatic hydroxyl groups excluding tert-OH is 5. The molecule has 15 heavy (non-hydrogen) atoms. The fourth-order valence-corrected chi connectivity index (χ4v) is 0.882. The van der Waals surface area contributed by atoms with Gasteiger partial charge in [-0.1, -0.05) is 0 Å². The standard InChI is InChI=1S/C7H16N2O6/c1-9(8-15)2-4(11)6(13)7(14)5(12)3-10/h4-7,10-14H,2-3H2,1H3/t4-,5+,6+,7+/m0/s1/i1D3. The SMILES string of the molecule is [2H]C([2H])([2H])N(C[C@H](O)[C@@H](O)[C@H](O)[C@H](O)CO)N=O. The van der Waals surface area contributed by atoms with Gasteiger partial charge in [0, 0.05) is 11.1 Å². The zero-order valence-electron chi connectivity index (χ0n) is 10.8. The van der Waals surface area contributed by atoms with Gasteiger partial charge in [-0.2, -0.15) is 0 Å². The van der Waals surface area contributed by atoms with Gasteiger partial charge in [0.15, 0.2) is 0 Å². The number of hydrogen-bond acceptors (Lipinski definition) is 7. The van der Waals surface area contributed by atoms with E-state index in [2.05, 4.69) is 5.29 Å². The summed E-state index contributed by atoms with van der Waals surface area (Å²) in [7, 11) is 0. The van der Waals surface area contributed by atoms with Crippen molar-refractivity contribution in [1.29, 1.82) is 0 Å². The van der Waals surface area contributed by atoms with E-state index >= 15 is 0 Å². The smallest absolute Gasteiger partial charge is 0.111 e. The van der Waals surface area contributed by atoms with Crippen LogP contribution in [-0.4, -0.2) is 75.1 Å². The highest BCUT2D eigenvalue weighted by molar-refractivity contribution is 4.81. The topological polar surface area (TPSA) is 134 Å². The second-order valence-electron chi connectivity index (χ2n) is 2.96. The van der Waals surface area contributed by atoms with Crippen LogP contribution in [0.2, 0.25) is 0 Å². The highest BCUT2D eigenvalue weighted by Gasteiger charge is 2.30. The highest BCUT2D eigenvalue weighted by atomic mass is 16.4. The lowest BCUT2D eigenvalue weighted by Gasteiger charge is -2.26. The van der Waals surface area contributed by atoms with Crippen LogP contribution in [0.3, 0.4) is 0 Å². The second-order valence-corrected chi connectivity index (χ2v) is 2.96. The van der Waals surface area contributed by atoms with E-state index < -0.39 is 44.5 Å². The first-order valence-electron chi connectivity index (χ1n) is 5.59. The molecule has 0 heterocycles. The van der Waals surface area contributed by atoms with Gasteiger partial charge in [0.05, 0.1) is 18.4 Å². The van der Waals surface area contributed by atoms with Crippen LogP contribution in [0.25, 0.3) is 0 Å². The lowest BCUT2D eigenvalue weighted by molar-refractivity contribution is -0.118. The molecule has 0 rings (SSSR count). The molecule has 8 heteroatoms. The van der Waals surface area contributed by atoms with E-state index in [1.165, 1.54) is 0 Å². The van der Waals surface area contributed by atoms with Gasteiger partial charge in [-0.25, -0.2) is 0 Å². The Morgan fingerprint density at radius 1 is 1.27 bits per heavy atom. The Bertz CT molecular complexity index is 266. The number of likely N-dealkylation sites (N-methyl/N-ethyl adjacent to an activating group) is 1. The fourth-order valence-electron chi connectivity index (χ4n) is 0.882. The maximum Gasteiger partial charge on any atom is 0.111 e. The van der Waals surface area contributed by atoms with E-state index in [0.29, 0.717) is 0 Å². The molecule has 5 N–H and O–H groups in total. The lowest BCUT2D eigenvalue weighted by atomic mass is 10.0. The van der Waals surface area contributed by atoms with Crippen LogP contribution in [0, 0.1) is 4.91 Å². The summed E-state index contributed by atoms with van der Waals surface area (Å²) in [6.07, 6.45) is -7.40. The summed E-state index contributed by atoms with van der Waals surface area (Å²) >= 11 is 0. The molecule has 0 radical (unpaired) electrons. The van der Waals surface area contributed by atoms with Crippen LogP contribution in [0.5, 0.6) is 0 Å². The maximum absolute atomic E-state index is 10.2. The van der Waals surface area contributed by atoms with Crippen LogP contribution in [0.4, 0.5) is 0 Å². The largest absolute Gasteiger partial charge is 0.394 e. The minimum Gasteiger partial charge on any atom is -0.394 e. The molecule has 0 fully saturated rings. The second kappa shape index (κ2) is 6.64. The molecule has 0 aliphatic carbocycles. The minimum atomic E-state index is -2.90. The molecule has 8 nitrogen and oxygen atoms in total. The molecule has 0 aromatic rings. The van der Waals surface area contributed by atoms with Gasteiger partial charge < -0.3 is 25.5 Å². The molecular formula is C7H16N2O6. The Kier molecular flexibility index (Phi) is 4.17. The Morgan fingerprint density at radius 2 is 1.80 bits per heavy atom. The van der Waals surface area contributed by atoms with E-state index in [-0.39, 0.29) is 5.01 Å². The summed E-state index contributed by atoms with van der Waals surface area (Å²) in [6.45, 7) is -4.63. The molecule has 4 atom stereocenters. The van der Waals surface area contributed by atoms with Gasteiger partial charge >= 0.3 is 0 Å². The molecule has 90 valence electrons. The first kappa shape index (κ1) is 9.43. The predicted molar refractivity (Wildman–Crippen MR) is 49.5 cm³/mol. The van der Waals surface area contributed by atoms with Gasteiger partial charge in [-0.15, -0.1) is 4.91 Å². The molecule has 0 aromatic heterocycles. The Morgan fingerprint density at radius 3 is 2.20 bits per heavy atom. The molecule has 0 spiro atoms. The van der Waals surface area contributed by atoms with Crippen molar-refractivity contribution in [2.75, 3.05) is 20.1 Å². The fraction of sp³-hybridized carbons (Fsp3) is 1.00. The Hall–Kier alpha value is -0.800. The zero-order chi connectivity index (χ0) is 14.5. The summed E-state index contributed by atoms with van der Waals surface area (Å²) in [5, 5.41) is 47.7. The van der Waals surface area contributed by atoms with Crippen molar-refractivity contribution < 1.29 is 29.6 Å². The molecule has 0 aliphatic rings. The number of nitroso groups, excluding NO2 is 1. The molecule has 0 bridgehead atoms. The minimum absolute atomic E-state index is 0.0128. The number of nitrogens with zero attached hydrogens (tertiary/aromatic N) is 2. The van der Waals surface area contributed by atoms with Crippen molar-refractivity contribution in [2.45, 2.75) is 24.4 Å². The first-order valence-corrected chi connectivity index (χ1v) is 4.09. The molecule has 0 saturated heterocycles. The van der Waals surface area contributed by atoms with E-state index in [4.69, 9.17) is 14.3 Å². The average Bonchev–Trinajstić information content (AvgIpc) is 2.30. The summed E-state index contributed by atoms with van der Waals surface area (Å²) in [4.78, 5) is 10.2. The third-order valence-corrected chi connectivity index (χ3v) is 1.78. The Labute approximate surface area is 90.5 Å². The van der Waals surface area contributed by atoms with Crippen LogP contribution in [0.1, 0.15) is 4.11 Å². The van der Waals surface area contributed by atoms with E-state index in [9.17, 15) is 20.2 Å². The third-order valence-electron chi connectivity index (χ3n) is 1.78. The quantitative estimate of drug-likeness (QED) is 0.231. The summed E-state index contributed by atoms with van der Waals surface area (Å²) < 4.78 is 20.6. The van der Waals surface area contributed by atoms with Crippen LogP contribution < -0.4 is 0 Å². The number of aliphatic hydroxyl groups is 5. The first-order chi connectivity index (χ1) is 8.15. The van der Waals surface area contributed by atoms with Crippen LogP contribution in [-0.2, 0) is 0 Å². The van der Waals surface area contributed by atoms with Gasteiger partial charge in [0.25, 0.3) is 0 Å². The lowest BCUT2D eigenvalue weighted by Crippen LogP contribution is -2.48. The maximum atomic E-state index is 10.2. The van der Waals surface area contributed by atoms with Crippen molar-refractivity contribution in [3.63, 3.8) is 0 Å². The number of hydrogen-bond donors (Lipinski definition) is 5. The summed E-state index contributed by atoms with van der Waals surface area (Å²) in [5.41, 5.74) is 0. The van der Waals surface area contributed by atoms with Gasteiger partial charge in [0.2, 0.25) is 0 Å². The molecule has 0 aliphatic heterocycles. The van der Waals surface area contributed by atoms with Crippen molar-refractivity contribution in [2.24, 2.45) is 5.29 Å². The van der Waals surface area contributed by atoms with Crippen molar-refractivity contribution >= 4 is 0 Å². The predicted octanol–water partition coefficient (Wildman–Crippen LogP) is -2.96. The van der Waals surface area contributed by atoms with E-state index in [0.717, 1.165) is 0 Å². The molecule has 0 aromatic carbocycles. The molecule has 0 saturated carbocycles. The monoisotopic (exact) mass is 227 g/mol. The number of rotatable bonds is 7. The third kappa shape index (κ3) is 4.49. The highest BCUT2D eigenvalue weighted by Crippen LogP contribution is 2.06. The van der Waals surface area contributed by atoms with Gasteiger partial charge in [0.1, 0.15) is 24.4 Å². The van der Waals surface area contributed by atoms with Crippen LogP contribution in [0.15, 0.2) is 5.29 Å². The summed E-state index contributed by atoms with van der Waals surface area (Å²) in [6, 6.07) is 0. The molecular weight excluding hydrogens is 208 g/mol. The van der Waals surface area contributed by atoms with Gasteiger partial charge in [-0.3, -0.25) is 5.01 Å². The normalized spacial score (nSPS) is 22.9. The van der Waals surface area contributed by atoms with Crippen molar-refractivity contribution in [3.8, 4) is 0 Å². The summed E-state index contributed by atoms with van der Waals surface area (Å²) in [5.74, 6) is 0. The molecule has 0 amide bonds.